The Morgan fingerprint density at radius 2 is 1.49 bits per heavy atom. The van der Waals surface area contributed by atoms with Crippen LogP contribution >= 0.6 is 0 Å². The number of sulfonamides is 1. The lowest BCUT2D eigenvalue weighted by Gasteiger charge is -2.38. The standard InChI is InChI=1S/C27H29F2N3O2S/c28-23-9-11-25(12-10-23)31-15-13-30(14-16-31)18-22-19-32(35(33,34)26-7-2-1-3-8-26)20-27(22)21-5-4-6-24(29)17-21/h1-12,17,22,27H,13-16,18-20H2. The van der Waals surface area contributed by atoms with Crippen molar-refractivity contribution in [3.05, 3.63) is 96.1 Å². The monoisotopic (exact) mass is 497 g/mol. The molecule has 0 amide bonds. The zero-order valence-electron chi connectivity index (χ0n) is 19.4. The van der Waals surface area contributed by atoms with E-state index in [1.807, 2.05) is 6.07 Å². The molecule has 5 nitrogen and oxygen atoms in total. The van der Waals surface area contributed by atoms with Crippen molar-refractivity contribution < 1.29 is 17.2 Å². The van der Waals surface area contributed by atoms with Crippen molar-refractivity contribution in [3.63, 3.8) is 0 Å². The Bertz CT molecular complexity index is 1250. The van der Waals surface area contributed by atoms with E-state index in [1.165, 1.54) is 24.3 Å². The summed E-state index contributed by atoms with van der Waals surface area (Å²) in [4.78, 5) is 4.88. The Hall–Kier alpha value is -2.81. The van der Waals surface area contributed by atoms with Crippen LogP contribution in [-0.2, 0) is 10.0 Å². The second-order valence-electron chi connectivity index (χ2n) is 9.32. The molecule has 5 rings (SSSR count). The summed E-state index contributed by atoms with van der Waals surface area (Å²) in [6.07, 6.45) is 0. The Labute approximate surface area is 205 Å². The van der Waals surface area contributed by atoms with Crippen LogP contribution in [0.2, 0.25) is 0 Å². The predicted molar refractivity (Wildman–Crippen MR) is 133 cm³/mol. The van der Waals surface area contributed by atoms with E-state index in [4.69, 9.17) is 0 Å². The lowest BCUT2D eigenvalue weighted by atomic mass is 9.88. The van der Waals surface area contributed by atoms with Gasteiger partial charge in [-0.05, 0) is 60.0 Å². The van der Waals surface area contributed by atoms with E-state index in [-0.39, 0.29) is 28.4 Å². The molecule has 184 valence electrons. The summed E-state index contributed by atoms with van der Waals surface area (Å²) in [5.74, 6) is -0.586. The number of benzene rings is 3. The number of hydrogen-bond donors (Lipinski definition) is 0. The molecule has 2 heterocycles. The first-order chi connectivity index (χ1) is 16.9. The third kappa shape index (κ3) is 5.24. The van der Waals surface area contributed by atoms with Crippen molar-refractivity contribution in [1.29, 1.82) is 0 Å². The Morgan fingerprint density at radius 3 is 2.17 bits per heavy atom. The lowest BCUT2D eigenvalue weighted by molar-refractivity contribution is 0.215. The van der Waals surface area contributed by atoms with Crippen LogP contribution in [-0.4, -0.2) is 63.4 Å². The molecule has 35 heavy (non-hydrogen) atoms. The van der Waals surface area contributed by atoms with E-state index in [9.17, 15) is 17.2 Å². The summed E-state index contributed by atoms with van der Waals surface area (Å²) >= 11 is 0. The van der Waals surface area contributed by atoms with Crippen LogP contribution in [0.4, 0.5) is 14.5 Å². The third-order valence-electron chi connectivity index (χ3n) is 7.12. The van der Waals surface area contributed by atoms with Crippen LogP contribution in [0.5, 0.6) is 0 Å². The van der Waals surface area contributed by atoms with E-state index >= 15 is 0 Å². The van der Waals surface area contributed by atoms with Crippen LogP contribution in [0.3, 0.4) is 0 Å². The van der Waals surface area contributed by atoms with E-state index in [0.29, 0.717) is 13.1 Å². The highest BCUT2D eigenvalue weighted by molar-refractivity contribution is 7.89. The van der Waals surface area contributed by atoms with Gasteiger partial charge < -0.3 is 4.90 Å². The molecule has 0 bridgehead atoms. The molecular weight excluding hydrogens is 468 g/mol. The summed E-state index contributed by atoms with van der Waals surface area (Å²) < 4.78 is 55.6. The van der Waals surface area contributed by atoms with Crippen molar-refractivity contribution in [2.45, 2.75) is 10.8 Å². The van der Waals surface area contributed by atoms with Gasteiger partial charge in [0.05, 0.1) is 4.90 Å². The van der Waals surface area contributed by atoms with Crippen LogP contribution in [0.1, 0.15) is 11.5 Å². The maximum absolute atomic E-state index is 14.1. The van der Waals surface area contributed by atoms with Crippen molar-refractivity contribution in [2.75, 3.05) is 50.7 Å². The van der Waals surface area contributed by atoms with E-state index in [1.54, 1.807) is 52.8 Å². The normalized spacial score (nSPS) is 21.9. The van der Waals surface area contributed by atoms with Gasteiger partial charge in [-0.3, -0.25) is 4.90 Å². The van der Waals surface area contributed by atoms with Gasteiger partial charge in [0, 0.05) is 57.4 Å². The Morgan fingerprint density at radius 1 is 0.771 bits per heavy atom. The second kappa shape index (κ2) is 10.0. The molecule has 3 aromatic carbocycles. The maximum atomic E-state index is 14.1. The molecule has 2 atom stereocenters. The van der Waals surface area contributed by atoms with Gasteiger partial charge in [0.1, 0.15) is 11.6 Å². The van der Waals surface area contributed by atoms with Crippen molar-refractivity contribution in [2.24, 2.45) is 5.92 Å². The van der Waals surface area contributed by atoms with E-state index in [0.717, 1.165) is 44.0 Å². The molecule has 2 fully saturated rings. The minimum absolute atomic E-state index is 0.0488. The molecule has 2 aliphatic heterocycles. The van der Waals surface area contributed by atoms with Crippen molar-refractivity contribution in [1.82, 2.24) is 9.21 Å². The maximum Gasteiger partial charge on any atom is 0.243 e. The van der Waals surface area contributed by atoms with Gasteiger partial charge >= 0.3 is 0 Å². The molecule has 0 saturated carbocycles. The van der Waals surface area contributed by atoms with Crippen LogP contribution in [0.15, 0.2) is 83.8 Å². The largest absolute Gasteiger partial charge is 0.369 e. The van der Waals surface area contributed by atoms with Crippen molar-refractivity contribution in [3.8, 4) is 0 Å². The van der Waals surface area contributed by atoms with E-state index < -0.39 is 10.0 Å². The fraction of sp³-hybridized carbons (Fsp3) is 0.333. The Balaban J connectivity index is 1.32. The molecular formula is C27H29F2N3O2S. The first-order valence-electron chi connectivity index (χ1n) is 11.9. The van der Waals surface area contributed by atoms with Gasteiger partial charge in [0.2, 0.25) is 10.0 Å². The fourth-order valence-electron chi connectivity index (χ4n) is 5.24. The summed E-state index contributed by atoms with van der Waals surface area (Å²) in [7, 11) is -3.63. The zero-order valence-corrected chi connectivity index (χ0v) is 20.2. The highest BCUT2D eigenvalue weighted by Crippen LogP contribution is 2.36. The average molecular weight is 498 g/mol. The quantitative estimate of drug-likeness (QED) is 0.512. The SMILES string of the molecule is O=S(=O)(c1ccccc1)N1CC(CN2CCN(c3ccc(F)cc3)CC2)C(c2cccc(F)c2)C1. The lowest BCUT2D eigenvalue weighted by Crippen LogP contribution is -2.48. The molecule has 0 spiro atoms. The number of hydrogen-bond acceptors (Lipinski definition) is 4. The van der Waals surface area contributed by atoms with Gasteiger partial charge in [-0.25, -0.2) is 17.2 Å². The third-order valence-corrected chi connectivity index (χ3v) is 8.97. The topological polar surface area (TPSA) is 43.9 Å². The molecule has 8 heteroatoms. The fourth-order valence-corrected chi connectivity index (χ4v) is 6.79. The number of anilines is 1. The number of halogens is 2. The average Bonchev–Trinajstić information content (AvgIpc) is 3.30. The molecule has 0 aromatic heterocycles. The molecule has 2 saturated heterocycles. The second-order valence-corrected chi connectivity index (χ2v) is 11.3. The number of nitrogens with zero attached hydrogens (tertiary/aromatic N) is 3. The first-order valence-corrected chi connectivity index (χ1v) is 13.4. The molecule has 0 aliphatic carbocycles. The van der Waals surface area contributed by atoms with Gasteiger partial charge in [-0.2, -0.15) is 4.31 Å². The number of rotatable bonds is 6. The summed E-state index contributed by atoms with van der Waals surface area (Å²) in [5, 5.41) is 0. The molecule has 2 unspecified atom stereocenters. The summed E-state index contributed by atoms with van der Waals surface area (Å²) in [6, 6.07) is 21.6. The van der Waals surface area contributed by atoms with Gasteiger partial charge in [0.15, 0.2) is 0 Å². The highest BCUT2D eigenvalue weighted by Gasteiger charge is 2.41. The smallest absolute Gasteiger partial charge is 0.243 e. The molecule has 3 aromatic rings. The Kier molecular flexibility index (Phi) is 6.86. The number of piperazine rings is 1. The van der Waals surface area contributed by atoms with Crippen LogP contribution in [0.25, 0.3) is 0 Å². The van der Waals surface area contributed by atoms with Crippen LogP contribution in [0, 0.1) is 17.6 Å². The molecule has 0 N–H and O–H groups in total. The molecule has 2 aliphatic rings. The van der Waals surface area contributed by atoms with Gasteiger partial charge in [-0.15, -0.1) is 0 Å². The minimum atomic E-state index is -3.63. The zero-order chi connectivity index (χ0) is 24.4. The van der Waals surface area contributed by atoms with E-state index in [2.05, 4.69) is 9.80 Å². The predicted octanol–water partition coefficient (Wildman–Crippen LogP) is 4.19. The first kappa shape index (κ1) is 23.9. The summed E-state index contributed by atoms with van der Waals surface area (Å²) in [6.45, 7) is 4.76. The highest BCUT2D eigenvalue weighted by atomic mass is 32.2. The van der Waals surface area contributed by atoms with Gasteiger partial charge in [-0.1, -0.05) is 30.3 Å². The molecule has 0 radical (unpaired) electrons. The van der Waals surface area contributed by atoms with Gasteiger partial charge in [0.25, 0.3) is 0 Å². The van der Waals surface area contributed by atoms with Crippen molar-refractivity contribution >= 4 is 15.7 Å². The minimum Gasteiger partial charge on any atom is -0.369 e. The summed E-state index contributed by atoms with van der Waals surface area (Å²) in [5.41, 5.74) is 1.84. The van der Waals surface area contributed by atoms with Crippen LogP contribution < -0.4 is 4.90 Å².